The van der Waals surface area contributed by atoms with Gasteiger partial charge in [0.05, 0.1) is 16.6 Å². The molecule has 1 fully saturated rings. The first-order valence-electron chi connectivity index (χ1n) is 8.89. The van der Waals surface area contributed by atoms with Crippen LogP contribution in [0.15, 0.2) is 22.6 Å². The van der Waals surface area contributed by atoms with Gasteiger partial charge < -0.3 is 4.74 Å². The quantitative estimate of drug-likeness (QED) is 0.796. The van der Waals surface area contributed by atoms with E-state index in [2.05, 4.69) is 25.1 Å². The smallest absolute Gasteiger partial charge is 0.145 e. The molecule has 1 spiro atoms. The highest BCUT2D eigenvalue weighted by atomic mass is 32.2. The van der Waals surface area contributed by atoms with Crippen LogP contribution in [0.3, 0.4) is 0 Å². The highest BCUT2D eigenvalue weighted by molar-refractivity contribution is 7.85. The van der Waals surface area contributed by atoms with Crippen molar-refractivity contribution in [2.45, 2.75) is 70.7 Å². The second kappa shape index (κ2) is 6.38. The average Bonchev–Trinajstić information content (AvgIpc) is 2.81. The maximum atomic E-state index is 12.8. The fourth-order valence-electron chi connectivity index (χ4n) is 3.96. The fourth-order valence-corrected chi connectivity index (χ4v) is 4.69. The zero-order chi connectivity index (χ0) is 17.5. The molecule has 0 amide bonds. The van der Waals surface area contributed by atoms with Crippen molar-refractivity contribution in [2.24, 2.45) is 9.81 Å². The van der Waals surface area contributed by atoms with E-state index in [0.717, 1.165) is 37.8 Å². The van der Waals surface area contributed by atoms with Crippen LogP contribution in [0.4, 0.5) is 0 Å². The normalized spacial score (nSPS) is 29.9. The van der Waals surface area contributed by atoms with E-state index in [-0.39, 0.29) is 10.2 Å². The van der Waals surface area contributed by atoms with Crippen LogP contribution in [0.25, 0.3) is 0 Å². The molecule has 24 heavy (non-hydrogen) atoms. The molecular formula is C20H29NO2S. The summed E-state index contributed by atoms with van der Waals surface area (Å²) in [5.41, 5.74) is 4.96. The lowest BCUT2D eigenvalue weighted by Gasteiger charge is -2.37. The summed E-state index contributed by atoms with van der Waals surface area (Å²) >= 11 is 0. The molecule has 1 aromatic carbocycles. The molecule has 1 atom stereocenters. The van der Waals surface area contributed by atoms with Crippen LogP contribution in [0.2, 0.25) is 0 Å². The second-order valence-electron chi connectivity index (χ2n) is 8.35. The lowest BCUT2D eigenvalue weighted by molar-refractivity contribution is 0.0468. The van der Waals surface area contributed by atoms with E-state index in [1.165, 1.54) is 16.7 Å². The molecule has 1 unspecified atom stereocenters. The van der Waals surface area contributed by atoms with Gasteiger partial charge in [-0.3, -0.25) is 0 Å². The molecule has 3 rings (SSSR count). The topological polar surface area (TPSA) is 38.7 Å². The Morgan fingerprint density at radius 3 is 2.50 bits per heavy atom. The highest BCUT2D eigenvalue weighted by Gasteiger charge is 2.46. The van der Waals surface area contributed by atoms with E-state index in [1.54, 1.807) is 7.11 Å². The summed E-state index contributed by atoms with van der Waals surface area (Å²) in [6.07, 6.45) is 5.64. The van der Waals surface area contributed by atoms with Crippen LogP contribution in [0.1, 0.15) is 63.1 Å². The summed E-state index contributed by atoms with van der Waals surface area (Å²) in [5.74, 6) is 0. The number of hydrogen-bond donors (Lipinski definition) is 0. The van der Waals surface area contributed by atoms with Gasteiger partial charge in [0.15, 0.2) is 0 Å². The molecule has 0 saturated heterocycles. The number of methoxy groups -OCH3 is 1. The van der Waals surface area contributed by atoms with Gasteiger partial charge in [0.1, 0.15) is 11.0 Å². The molecule has 2 aliphatic rings. The zero-order valence-corrected chi connectivity index (χ0v) is 16.3. The molecule has 1 saturated carbocycles. The predicted octanol–water partition coefficient (Wildman–Crippen LogP) is 4.38. The Balaban J connectivity index is 2.04. The number of hydrogen-bond acceptors (Lipinski definition) is 2. The molecule has 3 nitrogen and oxygen atoms in total. The van der Waals surface area contributed by atoms with Crippen molar-refractivity contribution in [3.05, 3.63) is 34.9 Å². The molecule has 2 aliphatic carbocycles. The van der Waals surface area contributed by atoms with Crippen LogP contribution < -0.4 is 0 Å². The van der Waals surface area contributed by atoms with Gasteiger partial charge in [-0.25, -0.2) is 4.21 Å². The minimum absolute atomic E-state index is 0.0477. The number of nitrogens with zero attached hydrogens (tertiary/aromatic N) is 1. The Morgan fingerprint density at radius 1 is 1.25 bits per heavy atom. The first kappa shape index (κ1) is 17.8. The molecule has 0 bridgehead atoms. The van der Waals surface area contributed by atoms with Gasteiger partial charge in [-0.15, -0.1) is 0 Å². The molecule has 0 aliphatic heterocycles. The van der Waals surface area contributed by atoms with Crippen LogP contribution in [0, 0.1) is 12.3 Å². The maximum Gasteiger partial charge on any atom is 0.145 e. The van der Waals surface area contributed by atoms with Gasteiger partial charge in [-0.2, -0.15) is 4.40 Å². The van der Waals surface area contributed by atoms with Gasteiger partial charge in [-0.1, -0.05) is 17.7 Å². The first-order chi connectivity index (χ1) is 11.2. The summed E-state index contributed by atoms with van der Waals surface area (Å²) < 4.78 is 22.8. The minimum atomic E-state index is -1.22. The number of fused-ring (bicyclic) bond motifs is 1. The van der Waals surface area contributed by atoms with Crippen molar-refractivity contribution in [1.29, 1.82) is 0 Å². The third-order valence-electron chi connectivity index (χ3n) is 5.47. The third-order valence-corrected chi connectivity index (χ3v) is 6.87. The van der Waals surface area contributed by atoms with E-state index >= 15 is 0 Å². The SMILES string of the molecule is COC1CCC2(CC1)Cc1ccc(C)cc1C2=NS(=O)C(C)(C)C. The minimum Gasteiger partial charge on any atom is -0.381 e. The molecule has 132 valence electrons. The number of rotatable bonds is 2. The van der Waals surface area contributed by atoms with E-state index in [1.807, 2.05) is 20.8 Å². The van der Waals surface area contributed by atoms with Crippen molar-refractivity contribution in [1.82, 2.24) is 0 Å². The lowest BCUT2D eigenvalue weighted by atomic mass is 9.70. The second-order valence-corrected chi connectivity index (χ2v) is 10.3. The van der Waals surface area contributed by atoms with Crippen molar-refractivity contribution < 1.29 is 8.95 Å². The number of aryl methyl sites for hydroxylation is 1. The Hall–Kier alpha value is -1.00. The maximum absolute atomic E-state index is 12.8. The Kier molecular flexibility index (Phi) is 4.73. The molecule has 0 heterocycles. The number of ether oxygens (including phenoxy) is 1. The molecule has 1 aromatic rings. The van der Waals surface area contributed by atoms with Gasteiger partial charge >= 0.3 is 0 Å². The van der Waals surface area contributed by atoms with Crippen LogP contribution >= 0.6 is 0 Å². The van der Waals surface area contributed by atoms with E-state index in [9.17, 15) is 4.21 Å². The Morgan fingerprint density at radius 2 is 1.92 bits per heavy atom. The van der Waals surface area contributed by atoms with E-state index < -0.39 is 11.0 Å². The van der Waals surface area contributed by atoms with Crippen LogP contribution in [-0.4, -0.2) is 27.9 Å². The monoisotopic (exact) mass is 347 g/mol. The van der Waals surface area contributed by atoms with Crippen LogP contribution in [0.5, 0.6) is 0 Å². The average molecular weight is 348 g/mol. The van der Waals surface area contributed by atoms with Crippen molar-refractivity contribution in [3.8, 4) is 0 Å². The van der Waals surface area contributed by atoms with Gasteiger partial charge in [0.2, 0.25) is 0 Å². The summed E-state index contributed by atoms with van der Waals surface area (Å²) in [6, 6.07) is 6.64. The molecule has 0 radical (unpaired) electrons. The molecule has 0 N–H and O–H groups in total. The van der Waals surface area contributed by atoms with Crippen molar-refractivity contribution in [3.63, 3.8) is 0 Å². The first-order valence-corrected chi connectivity index (χ1v) is 10.00. The molecule has 0 aromatic heterocycles. The summed E-state index contributed by atoms with van der Waals surface area (Å²) in [4.78, 5) is 0. The third kappa shape index (κ3) is 3.23. The van der Waals surface area contributed by atoms with Crippen molar-refractivity contribution >= 4 is 16.7 Å². The summed E-state index contributed by atoms with van der Waals surface area (Å²) in [6.45, 7) is 8.10. The zero-order valence-electron chi connectivity index (χ0n) is 15.5. The highest BCUT2D eigenvalue weighted by Crippen LogP contribution is 2.48. The predicted molar refractivity (Wildman–Crippen MR) is 101 cm³/mol. The van der Waals surface area contributed by atoms with Gasteiger partial charge in [-0.05, 0) is 71.4 Å². The Labute approximate surface area is 148 Å². The molecular weight excluding hydrogens is 318 g/mol. The van der Waals surface area contributed by atoms with Crippen molar-refractivity contribution in [2.75, 3.05) is 7.11 Å². The molecule has 4 heteroatoms. The largest absolute Gasteiger partial charge is 0.381 e. The Bertz CT molecular complexity index is 679. The fraction of sp³-hybridized carbons (Fsp3) is 0.650. The summed E-state index contributed by atoms with van der Waals surface area (Å²) in [5, 5.41) is 0. The van der Waals surface area contributed by atoms with Gasteiger partial charge in [0.25, 0.3) is 0 Å². The van der Waals surface area contributed by atoms with E-state index in [0.29, 0.717) is 6.10 Å². The lowest BCUT2D eigenvalue weighted by Crippen LogP contribution is -2.36. The van der Waals surface area contributed by atoms with Crippen LogP contribution in [-0.2, 0) is 22.1 Å². The number of benzene rings is 1. The van der Waals surface area contributed by atoms with E-state index in [4.69, 9.17) is 9.13 Å². The standard InChI is InChI=1S/C20H29NO2S/c1-14-6-7-15-13-20(10-8-16(23-5)9-11-20)18(17(15)12-14)21-24(22)19(2,3)4/h6-7,12,16H,8-11,13H2,1-5H3. The van der Waals surface area contributed by atoms with Gasteiger partial charge in [0, 0.05) is 18.1 Å². The summed E-state index contributed by atoms with van der Waals surface area (Å²) in [7, 11) is 0.582.